The summed E-state index contributed by atoms with van der Waals surface area (Å²) in [5.74, 6) is -1.59. The number of nitrogens with zero attached hydrogens (tertiary/aromatic N) is 3. The lowest BCUT2D eigenvalue weighted by molar-refractivity contribution is -0.0145. The topological polar surface area (TPSA) is 94.5 Å². The van der Waals surface area contributed by atoms with Crippen LogP contribution in [0, 0.1) is 12.7 Å². The van der Waals surface area contributed by atoms with E-state index in [1.54, 1.807) is 20.2 Å². The molecule has 3 rings (SSSR count). The van der Waals surface area contributed by atoms with Gasteiger partial charge in [0.1, 0.15) is 18.3 Å². The van der Waals surface area contributed by atoms with E-state index in [1.807, 2.05) is 0 Å². The lowest BCUT2D eigenvalue weighted by Crippen LogP contribution is -2.45. The van der Waals surface area contributed by atoms with Crippen molar-refractivity contribution in [2.75, 3.05) is 18.5 Å². The van der Waals surface area contributed by atoms with Crippen LogP contribution in [0.15, 0.2) is 29.4 Å². The molecule has 1 aliphatic heterocycles. The largest absolute Gasteiger partial charge is 0.385 e. The van der Waals surface area contributed by atoms with Crippen LogP contribution in [-0.2, 0) is 17.3 Å². The average Bonchev–Trinajstić information content (AvgIpc) is 2.94. The maximum atomic E-state index is 14.4. The minimum Gasteiger partial charge on any atom is -0.385 e. The number of aromatic nitrogens is 2. The van der Waals surface area contributed by atoms with Gasteiger partial charge in [-0.1, -0.05) is 0 Å². The van der Waals surface area contributed by atoms with E-state index in [9.17, 15) is 18.0 Å². The highest BCUT2D eigenvalue weighted by molar-refractivity contribution is 6.03. The van der Waals surface area contributed by atoms with Gasteiger partial charge < -0.3 is 15.8 Å². The Kier molecular flexibility index (Phi) is 4.92. The van der Waals surface area contributed by atoms with Gasteiger partial charge in [-0.2, -0.15) is 5.10 Å². The van der Waals surface area contributed by atoms with Crippen LogP contribution >= 0.6 is 0 Å². The predicted molar refractivity (Wildman–Crippen MR) is 92.4 cm³/mol. The summed E-state index contributed by atoms with van der Waals surface area (Å²) in [5.41, 5.74) is 3.80. The number of alkyl halides is 2. The third-order valence-corrected chi connectivity index (χ3v) is 4.19. The molecule has 144 valence electrons. The van der Waals surface area contributed by atoms with E-state index in [0.717, 1.165) is 12.1 Å². The van der Waals surface area contributed by atoms with E-state index in [4.69, 9.17) is 10.5 Å². The van der Waals surface area contributed by atoms with Crippen LogP contribution in [0.25, 0.3) is 0 Å². The first-order valence-electron chi connectivity index (χ1n) is 8.04. The van der Waals surface area contributed by atoms with Gasteiger partial charge in [0.25, 0.3) is 12.3 Å². The van der Waals surface area contributed by atoms with Crippen molar-refractivity contribution in [3.63, 3.8) is 0 Å². The van der Waals surface area contributed by atoms with Crippen molar-refractivity contribution in [1.82, 2.24) is 9.78 Å². The fraction of sp³-hybridized carbons (Fsp3) is 0.353. The maximum Gasteiger partial charge on any atom is 0.276 e. The fourth-order valence-electron chi connectivity index (χ4n) is 2.96. The molecule has 10 heteroatoms. The summed E-state index contributed by atoms with van der Waals surface area (Å²) in [6.45, 7) is 1.07. The minimum atomic E-state index is -3.06. The second kappa shape index (κ2) is 7.03. The number of amidine groups is 1. The Labute approximate surface area is 153 Å². The summed E-state index contributed by atoms with van der Waals surface area (Å²) in [6.07, 6.45) is -1.40. The third kappa shape index (κ3) is 3.52. The highest BCUT2D eigenvalue weighted by Gasteiger charge is 2.46. The van der Waals surface area contributed by atoms with E-state index in [0.29, 0.717) is 5.56 Å². The molecule has 2 aromatic rings. The zero-order chi connectivity index (χ0) is 19.8. The summed E-state index contributed by atoms with van der Waals surface area (Å²) >= 11 is 0. The lowest BCUT2D eigenvalue weighted by Gasteiger charge is -2.33. The number of hydrogen-bond acceptors (Lipinski definition) is 5. The molecule has 1 atom stereocenters. The van der Waals surface area contributed by atoms with Crippen molar-refractivity contribution in [2.45, 2.75) is 18.9 Å². The first-order chi connectivity index (χ1) is 12.7. The minimum absolute atomic E-state index is 0.106. The van der Waals surface area contributed by atoms with Crippen LogP contribution in [0.3, 0.4) is 0 Å². The summed E-state index contributed by atoms with van der Waals surface area (Å²) in [6, 6.07) is 3.37. The van der Waals surface area contributed by atoms with Crippen LogP contribution in [0.2, 0.25) is 0 Å². The van der Waals surface area contributed by atoms with Crippen LogP contribution < -0.4 is 11.1 Å². The van der Waals surface area contributed by atoms with Gasteiger partial charge in [0.2, 0.25) is 0 Å². The van der Waals surface area contributed by atoms with E-state index < -0.39 is 35.9 Å². The molecule has 0 unspecified atom stereocenters. The Morgan fingerprint density at radius 2 is 2.19 bits per heavy atom. The number of nitrogens with one attached hydrogen (secondary N) is 1. The molecule has 27 heavy (non-hydrogen) atoms. The second-order valence-electron chi connectivity index (χ2n) is 6.30. The van der Waals surface area contributed by atoms with E-state index >= 15 is 0 Å². The van der Waals surface area contributed by atoms with E-state index in [2.05, 4.69) is 15.4 Å². The van der Waals surface area contributed by atoms with Gasteiger partial charge in [0.05, 0.1) is 6.61 Å². The molecule has 2 heterocycles. The molecule has 0 aliphatic carbocycles. The molecule has 0 saturated heterocycles. The molecular formula is C17H18F3N5O2. The number of rotatable bonds is 4. The van der Waals surface area contributed by atoms with Crippen LogP contribution in [0.4, 0.5) is 18.9 Å². The molecule has 0 radical (unpaired) electrons. The molecule has 0 bridgehead atoms. The van der Waals surface area contributed by atoms with Crippen molar-refractivity contribution >= 4 is 17.4 Å². The summed E-state index contributed by atoms with van der Waals surface area (Å²) < 4.78 is 48.6. The van der Waals surface area contributed by atoms with Gasteiger partial charge in [0.15, 0.2) is 11.2 Å². The monoisotopic (exact) mass is 381 g/mol. The van der Waals surface area contributed by atoms with Gasteiger partial charge in [-0.15, -0.1) is 0 Å². The van der Waals surface area contributed by atoms with Crippen molar-refractivity contribution in [3.8, 4) is 0 Å². The van der Waals surface area contributed by atoms with Gasteiger partial charge in [-0.05, 0) is 25.1 Å². The van der Waals surface area contributed by atoms with E-state index in [-0.39, 0.29) is 23.8 Å². The first-order valence-corrected chi connectivity index (χ1v) is 8.04. The lowest BCUT2D eigenvalue weighted by atomic mass is 9.90. The Morgan fingerprint density at radius 3 is 2.78 bits per heavy atom. The standard InChI is InChI=1S/C17H18F3N5O2/c1-9-6-25(2)24-14(9)15(26)22-10-3-4-12(18)11(5-10)17(16(19)20)8-27-7-13(21)23-17/h3-6,16H,7-8H2,1-2H3,(H2,21,23)(H,22,26)/t17-/m0/s1. The smallest absolute Gasteiger partial charge is 0.276 e. The molecule has 1 aromatic carbocycles. The molecule has 1 aromatic heterocycles. The highest BCUT2D eigenvalue weighted by atomic mass is 19.3. The number of halogens is 3. The molecule has 3 N–H and O–H groups in total. The third-order valence-electron chi connectivity index (χ3n) is 4.19. The number of nitrogens with two attached hydrogens (primary N) is 1. The number of benzene rings is 1. The normalized spacial score (nSPS) is 19.9. The Morgan fingerprint density at radius 1 is 1.44 bits per heavy atom. The maximum absolute atomic E-state index is 14.4. The predicted octanol–water partition coefficient (Wildman–Crippen LogP) is 1.97. The number of anilines is 1. The molecule has 1 aliphatic rings. The SMILES string of the molecule is Cc1cn(C)nc1C(=O)Nc1ccc(F)c([C@]2(C(F)F)COCC(N)=N2)c1. The number of aliphatic imine (C=N–C) groups is 1. The number of ether oxygens (including phenoxy) is 1. The Balaban J connectivity index is 1.98. The summed E-state index contributed by atoms with van der Waals surface area (Å²) in [4.78, 5) is 16.2. The zero-order valence-electron chi connectivity index (χ0n) is 14.7. The second-order valence-corrected chi connectivity index (χ2v) is 6.30. The summed E-state index contributed by atoms with van der Waals surface area (Å²) in [7, 11) is 1.66. The molecule has 0 saturated carbocycles. The molecular weight excluding hydrogens is 363 g/mol. The molecule has 1 amide bonds. The Bertz CT molecular complexity index is 912. The van der Waals surface area contributed by atoms with Crippen molar-refractivity contribution in [1.29, 1.82) is 0 Å². The highest BCUT2D eigenvalue weighted by Crippen LogP contribution is 2.38. The van der Waals surface area contributed by atoms with Crippen molar-refractivity contribution < 1.29 is 22.7 Å². The first kappa shape index (κ1) is 18.9. The van der Waals surface area contributed by atoms with Gasteiger partial charge >= 0.3 is 0 Å². The molecule has 0 fully saturated rings. The number of aryl methyl sites for hydroxylation is 2. The van der Waals surface area contributed by atoms with Crippen molar-refractivity contribution in [2.24, 2.45) is 17.8 Å². The van der Waals surface area contributed by atoms with Gasteiger partial charge in [0, 0.05) is 30.1 Å². The van der Waals surface area contributed by atoms with E-state index in [1.165, 1.54) is 10.7 Å². The Hall–Kier alpha value is -2.88. The number of carbonyl (C=O) groups is 1. The summed E-state index contributed by atoms with van der Waals surface area (Å²) in [5, 5.41) is 6.58. The zero-order valence-corrected chi connectivity index (χ0v) is 14.7. The van der Waals surface area contributed by atoms with Gasteiger partial charge in [-0.25, -0.2) is 13.2 Å². The quantitative estimate of drug-likeness (QED) is 0.847. The molecule has 7 nitrogen and oxygen atoms in total. The molecule has 0 spiro atoms. The van der Waals surface area contributed by atoms with Crippen LogP contribution in [0.5, 0.6) is 0 Å². The average molecular weight is 381 g/mol. The number of hydrogen-bond donors (Lipinski definition) is 2. The number of carbonyl (C=O) groups excluding carboxylic acids is 1. The van der Waals surface area contributed by atoms with Crippen molar-refractivity contribution in [3.05, 3.63) is 47.0 Å². The fourth-order valence-corrected chi connectivity index (χ4v) is 2.96. The number of amides is 1. The van der Waals surface area contributed by atoms with Gasteiger partial charge in [-0.3, -0.25) is 14.5 Å². The van der Waals surface area contributed by atoms with Crippen LogP contribution in [-0.4, -0.2) is 41.2 Å². The van der Waals surface area contributed by atoms with Crippen LogP contribution in [0.1, 0.15) is 21.6 Å².